The van der Waals surface area contributed by atoms with Gasteiger partial charge in [-0.25, -0.2) is 4.98 Å². The minimum Gasteiger partial charge on any atom is -0.503 e. The van der Waals surface area contributed by atoms with E-state index in [1.165, 1.54) is 0 Å². The molecular formula is C11H9NO3. The second-order valence-corrected chi connectivity index (χ2v) is 3.11. The number of hydrogen-bond donors (Lipinski definition) is 1. The number of carbonyl (C=O) groups is 1. The van der Waals surface area contributed by atoms with Crippen LogP contribution >= 0.6 is 0 Å². The molecule has 1 heterocycles. The molecule has 0 spiro atoms. The molecule has 0 fully saturated rings. The van der Waals surface area contributed by atoms with Crippen molar-refractivity contribution in [3.05, 3.63) is 30.0 Å². The molecule has 0 radical (unpaired) electrons. The number of carbonyl (C=O) groups excluding carboxylic acids is 1. The van der Waals surface area contributed by atoms with E-state index in [1.54, 1.807) is 25.1 Å². The summed E-state index contributed by atoms with van der Waals surface area (Å²) in [5, 5.41) is 10.3. The van der Waals surface area contributed by atoms with Crippen molar-refractivity contribution in [1.82, 2.24) is 4.98 Å². The minimum absolute atomic E-state index is 0.0965. The van der Waals surface area contributed by atoms with Crippen LogP contribution in [-0.4, -0.2) is 16.6 Å². The fourth-order valence-electron chi connectivity index (χ4n) is 1.46. The highest BCUT2D eigenvalue weighted by molar-refractivity contribution is 5.88. The van der Waals surface area contributed by atoms with Crippen LogP contribution in [0.25, 0.3) is 10.9 Å². The van der Waals surface area contributed by atoms with Crippen molar-refractivity contribution >= 4 is 17.4 Å². The van der Waals surface area contributed by atoms with Crippen LogP contribution in [0, 0.1) is 6.92 Å². The molecule has 1 aromatic carbocycles. The van der Waals surface area contributed by atoms with Crippen molar-refractivity contribution in [3.63, 3.8) is 0 Å². The Morgan fingerprint density at radius 3 is 2.87 bits per heavy atom. The van der Waals surface area contributed by atoms with Gasteiger partial charge in [-0.05, 0) is 19.1 Å². The molecule has 76 valence electrons. The third-order valence-electron chi connectivity index (χ3n) is 2.16. The molecule has 1 N–H and O–H groups in total. The Labute approximate surface area is 86.1 Å². The average molecular weight is 203 g/mol. The average Bonchev–Trinajstić information content (AvgIpc) is 2.25. The maximum atomic E-state index is 10.3. The van der Waals surface area contributed by atoms with Gasteiger partial charge >= 0.3 is 0 Å². The Morgan fingerprint density at radius 2 is 2.13 bits per heavy atom. The number of para-hydroxylation sites is 1. The summed E-state index contributed by atoms with van der Waals surface area (Å²) in [6.45, 7) is 1.94. The first-order valence-corrected chi connectivity index (χ1v) is 4.42. The molecule has 1 aromatic heterocycles. The number of rotatable bonds is 2. The monoisotopic (exact) mass is 203 g/mol. The minimum atomic E-state index is -0.0965. The Kier molecular flexibility index (Phi) is 2.25. The van der Waals surface area contributed by atoms with Crippen LogP contribution in [0.3, 0.4) is 0 Å². The first kappa shape index (κ1) is 9.45. The van der Waals surface area contributed by atoms with Gasteiger partial charge in [0.1, 0.15) is 0 Å². The lowest BCUT2D eigenvalue weighted by Gasteiger charge is -2.07. The van der Waals surface area contributed by atoms with E-state index in [9.17, 15) is 9.90 Å². The molecule has 4 nitrogen and oxygen atoms in total. The molecule has 0 unspecified atom stereocenters. The van der Waals surface area contributed by atoms with Gasteiger partial charge < -0.3 is 9.84 Å². The smallest absolute Gasteiger partial charge is 0.298 e. The van der Waals surface area contributed by atoms with Gasteiger partial charge in [0.2, 0.25) is 0 Å². The zero-order valence-electron chi connectivity index (χ0n) is 8.10. The van der Waals surface area contributed by atoms with Gasteiger partial charge in [0.25, 0.3) is 6.47 Å². The van der Waals surface area contributed by atoms with Crippen molar-refractivity contribution in [2.24, 2.45) is 0 Å². The molecule has 15 heavy (non-hydrogen) atoms. The van der Waals surface area contributed by atoms with Crippen molar-refractivity contribution in [2.45, 2.75) is 6.92 Å². The van der Waals surface area contributed by atoms with Gasteiger partial charge in [-0.15, -0.1) is 0 Å². The molecule has 0 saturated carbocycles. The lowest BCUT2D eigenvalue weighted by Crippen LogP contribution is -1.94. The van der Waals surface area contributed by atoms with Gasteiger partial charge in [0, 0.05) is 5.39 Å². The summed E-state index contributed by atoms with van der Waals surface area (Å²) < 4.78 is 4.76. The number of nitrogens with zero attached hydrogens (tertiary/aromatic N) is 1. The Balaban J connectivity index is 2.82. The van der Waals surface area contributed by atoms with E-state index in [1.807, 2.05) is 6.07 Å². The third-order valence-corrected chi connectivity index (χ3v) is 2.16. The lowest BCUT2D eigenvalue weighted by atomic mass is 10.1. The summed E-state index contributed by atoms with van der Waals surface area (Å²) in [5.74, 6) is 0.0638. The Morgan fingerprint density at radius 1 is 1.40 bits per heavy atom. The standard InChI is InChI=1S/C11H9NO3/c1-7-10(14)11(15-6-13)8-4-2-3-5-9(8)12-7/h2-6,14H,1H3. The zero-order valence-corrected chi connectivity index (χ0v) is 8.10. The number of aromatic hydroxyl groups is 1. The normalized spacial score (nSPS) is 10.2. The Hall–Kier alpha value is -2.10. The van der Waals surface area contributed by atoms with Crippen molar-refractivity contribution in [2.75, 3.05) is 0 Å². The summed E-state index contributed by atoms with van der Waals surface area (Å²) in [7, 11) is 0. The molecular weight excluding hydrogens is 194 g/mol. The highest BCUT2D eigenvalue weighted by Gasteiger charge is 2.12. The summed E-state index contributed by atoms with van der Waals surface area (Å²) in [6, 6.07) is 7.15. The van der Waals surface area contributed by atoms with Crippen LogP contribution in [-0.2, 0) is 4.79 Å². The van der Waals surface area contributed by atoms with E-state index in [-0.39, 0.29) is 11.5 Å². The number of ether oxygens (including phenoxy) is 1. The maximum absolute atomic E-state index is 10.3. The molecule has 0 atom stereocenters. The van der Waals surface area contributed by atoms with Gasteiger partial charge in [-0.1, -0.05) is 12.1 Å². The van der Waals surface area contributed by atoms with Crippen LogP contribution in [0.4, 0.5) is 0 Å². The van der Waals surface area contributed by atoms with E-state index >= 15 is 0 Å². The van der Waals surface area contributed by atoms with E-state index in [0.29, 0.717) is 23.1 Å². The van der Waals surface area contributed by atoms with Gasteiger partial charge in [0.15, 0.2) is 11.5 Å². The Bertz CT molecular complexity index is 522. The summed E-state index contributed by atoms with van der Waals surface area (Å²) in [6.07, 6.45) is 0. The molecule has 0 aliphatic rings. The summed E-state index contributed by atoms with van der Waals surface area (Å²) in [5.41, 5.74) is 1.12. The third kappa shape index (κ3) is 1.50. The first-order valence-electron chi connectivity index (χ1n) is 4.42. The number of fused-ring (bicyclic) bond motifs is 1. The quantitative estimate of drug-likeness (QED) is 0.756. The first-order chi connectivity index (χ1) is 7.24. The number of aryl methyl sites for hydroxylation is 1. The zero-order chi connectivity index (χ0) is 10.8. The lowest BCUT2D eigenvalue weighted by molar-refractivity contribution is -0.120. The SMILES string of the molecule is Cc1nc2ccccc2c(OC=O)c1O. The molecule has 0 amide bonds. The van der Waals surface area contributed by atoms with E-state index in [4.69, 9.17) is 4.74 Å². The van der Waals surface area contributed by atoms with Gasteiger partial charge in [-0.3, -0.25) is 4.79 Å². The molecule has 0 aliphatic heterocycles. The fourth-order valence-corrected chi connectivity index (χ4v) is 1.46. The van der Waals surface area contributed by atoms with Gasteiger partial charge in [0.05, 0.1) is 11.2 Å². The molecule has 4 heteroatoms. The van der Waals surface area contributed by atoms with Crippen LogP contribution in [0.2, 0.25) is 0 Å². The van der Waals surface area contributed by atoms with Crippen molar-refractivity contribution < 1.29 is 14.6 Å². The molecule has 0 aliphatic carbocycles. The number of hydrogen-bond acceptors (Lipinski definition) is 4. The van der Waals surface area contributed by atoms with Gasteiger partial charge in [-0.2, -0.15) is 0 Å². The molecule has 2 aromatic rings. The number of aromatic nitrogens is 1. The van der Waals surface area contributed by atoms with E-state index in [0.717, 1.165) is 0 Å². The van der Waals surface area contributed by atoms with Crippen LogP contribution in [0.1, 0.15) is 5.69 Å². The summed E-state index contributed by atoms with van der Waals surface area (Å²) >= 11 is 0. The highest BCUT2D eigenvalue weighted by atomic mass is 16.5. The molecule has 2 rings (SSSR count). The number of pyridine rings is 1. The topological polar surface area (TPSA) is 59.4 Å². The summed E-state index contributed by atoms with van der Waals surface area (Å²) in [4.78, 5) is 14.5. The second-order valence-electron chi connectivity index (χ2n) is 3.11. The van der Waals surface area contributed by atoms with Crippen LogP contribution in [0.15, 0.2) is 24.3 Å². The second kappa shape index (κ2) is 3.57. The predicted molar refractivity (Wildman–Crippen MR) is 54.8 cm³/mol. The van der Waals surface area contributed by atoms with E-state index in [2.05, 4.69) is 4.98 Å². The predicted octanol–water partition coefficient (Wildman–Crippen LogP) is 1.78. The molecule has 0 saturated heterocycles. The van der Waals surface area contributed by atoms with E-state index < -0.39 is 0 Å². The van der Waals surface area contributed by atoms with Crippen molar-refractivity contribution in [3.8, 4) is 11.5 Å². The maximum Gasteiger partial charge on any atom is 0.298 e. The highest BCUT2D eigenvalue weighted by Crippen LogP contribution is 2.35. The fraction of sp³-hybridized carbons (Fsp3) is 0.0909. The van der Waals surface area contributed by atoms with Crippen LogP contribution in [0.5, 0.6) is 11.5 Å². The largest absolute Gasteiger partial charge is 0.503 e. The number of benzene rings is 1. The van der Waals surface area contributed by atoms with Crippen molar-refractivity contribution in [1.29, 1.82) is 0 Å². The van der Waals surface area contributed by atoms with Crippen LogP contribution < -0.4 is 4.74 Å². The molecule has 0 bridgehead atoms.